The summed E-state index contributed by atoms with van der Waals surface area (Å²) in [6, 6.07) is 13.6. The number of carbonyl (C=O) groups is 1. The summed E-state index contributed by atoms with van der Waals surface area (Å²) in [5.41, 5.74) is 11.2. The Bertz CT molecular complexity index is 853. The van der Waals surface area contributed by atoms with E-state index in [9.17, 15) is 4.79 Å². The molecule has 0 spiro atoms. The maximum atomic E-state index is 12.2. The highest BCUT2D eigenvalue weighted by atomic mass is 16.3. The van der Waals surface area contributed by atoms with Gasteiger partial charge in [-0.05, 0) is 30.5 Å². The molecule has 0 aliphatic carbocycles. The molecule has 0 radical (unpaired) electrons. The van der Waals surface area contributed by atoms with E-state index >= 15 is 0 Å². The molecule has 124 valence electrons. The Balaban J connectivity index is 1.64. The summed E-state index contributed by atoms with van der Waals surface area (Å²) in [5.74, 6) is -0.0534. The average Bonchev–Trinajstić information content (AvgIpc) is 3.00. The van der Waals surface area contributed by atoms with Gasteiger partial charge in [0.2, 0.25) is 5.91 Å². The van der Waals surface area contributed by atoms with Crippen LogP contribution in [0.5, 0.6) is 0 Å². The predicted molar refractivity (Wildman–Crippen MR) is 95.8 cm³/mol. The van der Waals surface area contributed by atoms with Crippen molar-refractivity contribution in [3.05, 3.63) is 71.0 Å². The third-order valence-corrected chi connectivity index (χ3v) is 4.44. The molecule has 24 heavy (non-hydrogen) atoms. The lowest BCUT2D eigenvalue weighted by Gasteiger charge is -2.13. The second-order valence-corrected chi connectivity index (χ2v) is 6.14. The summed E-state index contributed by atoms with van der Waals surface area (Å²) in [6.07, 6.45) is 1.96. The second kappa shape index (κ2) is 6.89. The topological polar surface area (TPSA) is 68.3 Å². The lowest BCUT2D eigenvalue weighted by atomic mass is 10.0. The van der Waals surface area contributed by atoms with Crippen LogP contribution < -0.4 is 11.1 Å². The van der Waals surface area contributed by atoms with Gasteiger partial charge in [0.25, 0.3) is 0 Å². The van der Waals surface area contributed by atoms with Crippen LogP contribution in [0.4, 0.5) is 0 Å². The van der Waals surface area contributed by atoms with Crippen molar-refractivity contribution in [3.8, 4) is 0 Å². The standard InChI is InChI=1S/C20H22N2O2/c1-13-8-9-17-16(12-24-20(17)14(13)2)10-19(23)22-11-18(21)15-6-4-3-5-7-15/h3-9,12,18H,10-11,21H2,1-2H3,(H,22,23). The van der Waals surface area contributed by atoms with Crippen LogP contribution in [0.15, 0.2) is 53.1 Å². The van der Waals surface area contributed by atoms with Crippen molar-refractivity contribution in [2.24, 2.45) is 5.73 Å². The molecule has 3 N–H and O–H groups in total. The Kier molecular flexibility index (Phi) is 4.67. The highest BCUT2D eigenvalue weighted by Crippen LogP contribution is 2.26. The highest BCUT2D eigenvalue weighted by Gasteiger charge is 2.14. The van der Waals surface area contributed by atoms with E-state index in [1.165, 1.54) is 5.56 Å². The SMILES string of the molecule is Cc1ccc2c(CC(=O)NCC(N)c3ccccc3)coc2c1C. The normalized spacial score (nSPS) is 12.3. The summed E-state index contributed by atoms with van der Waals surface area (Å²) in [4.78, 5) is 12.2. The van der Waals surface area contributed by atoms with Crippen LogP contribution in [0.25, 0.3) is 11.0 Å². The van der Waals surface area contributed by atoms with E-state index in [-0.39, 0.29) is 18.4 Å². The number of hydrogen-bond acceptors (Lipinski definition) is 3. The minimum atomic E-state index is -0.207. The molecule has 1 heterocycles. The Labute approximate surface area is 141 Å². The van der Waals surface area contributed by atoms with Gasteiger partial charge < -0.3 is 15.5 Å². The van der Waals surface area contributed by atoms with Crippen molar-refractivity contribution in [1.82, 2.24) is 5.32 Å². The van der Waals surface area contributed by atoms with E-state index in [1.807, 2.05) is 43.3 Å². The monoisotopic (exact) mass is 322 g/mol. The van der Waals surface area contributed by atoms with Gasteiger partial charge in [-0.15, -0.1) is 0 Å². The average molecular weight is 322 g/mol. The zero-order chi connectivity index (χ0) is 17.1. The molecule has 3 aromatic rings. The minimum absolute atomic E-state index is 0.0534. The summed E-state index contributed by atoms with van der Waals surface area (Å²) in [5, 5.41) is 3.90. The molecule has 4 nitrogen and oxygen atoms in total. The first-order chi connectivity index (χ1) is 11.6. The van der Waals surface area contributed by atoms with Crippen molar-refractivity contribution >= 4 is 16.9 Å². The van der Waals surface area contributed by atoms with Crippen LogP contribution in [-0.4, -0.2) is 12.5 Å². The van der Waals surface area contributed by atoms with Gasteiger partial charge in [-0.25, -0.2) is 0 Å². The number of aryl methyl sites for hydroxylation is 2. The van der Waals surface area contributed by atoms with E-state index in [0.717, 1.165) is 27.7 Å². The van der Waals surface area contributed by atoms with Crippen molar-refractivity contribution in [2.45, 2.75) is 26.3 Å². The Hall–Kier alpha value is -2.59. The van der Waals surface area contributed by atoms with Gasteiger partial charge in [0.15, 0.2) is 0 Å². The molecule has 0 aliphatic heterocycles. The summed E-state index contributed by atoms with van der Waals surface area (Å²) in [7, 11) is 0. The maximum Gasteiger partial charge on any atom is 0.224 e. The molecule has 1 atom stereocenters. The largest absolute Gasteiger partial charge is 0.464 e. The first-order valence-corrected chi connectivity index (χ1v) is 8.09. The fourth-order valence-electron chi connectivity index (χ4n) is 2.80. The van der Waals surface area contributed by atoms with E-state index in [0.29, 0.717) is 6.54 Å². The first-order valence-electron chi connectivity index (χ1n) is 8.09. The Morgan fingerprint density at radius 1 is 1.17 bits per heavy atom. The molecule has 2 aromatic carbocycles. The number of amides is 1. The fourth-order valence-corrected chi connectivity index (χ4v) is 2.80. The van der Waals surface area contributed by atoms with E-state index in [2.05, 4.69) is 18.3 Å². The number of fused-ring (bicyclic) bond motifs is 1. The Morgan fingerprint density at radius 2 is 1.92 bits per heavy atom. The van der Waals surface area contributed by atoms with Gasteiger partial charge in [0, 0.05) is 23.5 Å². The minimum Gasteiger partial charge on any atom is -0.464 e. The predicted octanol–water partition coefficient (Wildman–Crippen LogP) is 3.41. The van der Waals surface area contributed by atoms with Crippen LogP contribution in [0, 0.1) is 13.8 Å². The zero-order valence-corrected chi connectivity index (χ0v) is 14.0. The number of nitrogens with two attached hydrogens (primary N) is 1. The van der Waals surface area contributed by atoms with Crippen molar-refractivity contribution in [3.63, 3.8) is 0 Å². The van der Waals surface area contributed by atoms with E-state index in [1.54, 1.807) is 6.26 Å². The maximum absolute atomic E-state index is 12.2. The molecule has 0 saturated heterocycles. The molecule has 1 unspecified atom stereocenters. The van der Waals surface area contributed by atoms with Crippen molar-refractivity contribution < 1.29 is 9.21 Å². The molecule has 0 bridgehead atoms. The van der Waals surface area contributed by atoms with E-state index in [4.69, 9.17) is 10.2 Å². The van der Waals surface area contributed by atoms with Crippen LogP contribution in [0.1, 0.15) is 28.3 Å². The molecular weight excluding hydrogens is 300 g/mol. The second-order valence-electron chi connectivity index (χ2n) is 6.14. The fraction of sp³-hybridized carbons (Fsp3) is 0.250. The number of furan rings is 1. The molecule has 1 amide bonds. The van der Waals surface area contributed by atoms with E-state index < -0.39 is 0 Å². The number of rotatable bonds is 5. The van der Waals surface area contributed by atoms with Gasteiger partial charge in [-0.2, -0.15) is 0 Å². The molecule has 0 saturated carbocycles. The molecule has 4 heteroatoms. The highest BCUT2D eigenvalue weighted by molar-refractivity contribution is 5.89. The molecule has 0 aliphatic rings. The number of hydrogen-bond donors (Lipinski definition) is 2. The van der Waals surface area contributed by atoms with Gasteiger partial charge in [0.1, 0.15) is 5.58 Å². The number of benzene rings is 2. The van der Waals surface area contributed by atoms with Crippen LogP contribution in [0.3, 0.4) is 0 Å². The molecule has 3 rings (SSSR count). The third-order valence-electron chi connectivity index (χ3n) is 4.44. The number of nitrogens with one attached hydrogen (secondary N) is 1. The van der Waals surface area contributed by atoms with Gasteiger partial charge in [-0.1, -0.05) is 42.5 Å². The molecule has 0 fully saturated rings. The Morgan fingerprint density at radius 3 is 2.67 bits per heavy atom. The molecular formula is C20H22N2O2. The quantitative estimate of drug-likeness (QED) is 0.756. The smallest absolute Gasteiger partial charge is 0.224 e. The van der Waals surface area contributed by atoms with Gasteiger partial charge >= 0.3 is 0 Å². The third kappa shape index (κ3) is 3.34. The van der Waals surface area contributed by atoms with Crippen LogP contribution in [0.2, 0.25) is 0 Å². The van der Waals surface area contributed by atoms with Crippen LogP contribution >= 0.6 is 0 Å². The lowest BCUT2D eigenvalue weighted by molar-refractivity contribution is -0.120. The van der Waals surface area contributed by atoms with Crippen molar-refractivity contribution in [2.75, 3.05) is 6.54 Å². The summed E-state index contributed by atoms with van der Waals surface area (Å²) in [6.45, 7) is 4.50. The zero-order valence-electron chi connectivity index (χ0n) is 14.0. The van der Waals surface area contributed by atoms with Crippen LogP contribution in [-0.2, 0) is 11.2 Å². The lowest BCUT2D eigenvalue weighted by Crippen LogP contribution is -2.32. The van der Waals surface area contributed by atoms with Crippen molar-refractivity contribution in [1.29, 1.82) is 0 Å². The number of carbonyl (C=O) groups excluding carboxylic acids is 1. The van der Waals surface area contributed by atoms with Gasteiger partial charge in [-0.3, -0.25) is 4.79 Å². The summed E-state index contributed by atoms with van der Waals surface area (Å²) < 4.78 is 5.65. The van der Waals surface area contributed by atoms with Gasteiger partial charge in [0.05, 0.1) is 12.7 Å². The molecule has 1 aromatic heterocycles. The summed E-state index contributed by atoms with van der Waals surface area (Å²) >= 11 is 0. The first kappa shape index (κ1) is 16.3.